The standard InChI is InChI=1S/C13H17N3O3S/c1-2-16(9-10-4-3-7-19-10)13-8-11(20(15,17)18)5-6-12(13)14/h3-8H,2,9,14H2,1H3,(H2,15,17,18). The smallest absolute Gasteiger partial charge is 0.238 e. The number of furan rings is 1. The summed E-state index contributed by atoms with van der Waals surface area (Å²) in [6, 6.07) is 8.07. The zero-order chi connectivity index (χ0) is 14.8. The molecule has 0 bridgehead atoms. The second kappa shape index (κ2) is 5.56. The molecule has 0 atom stereocenters. The van der Waals surface area contributed by atoms with Crippen LogP contribution in [-0.2, 0) is 16.6 Å². The summed E-state index contributed by atoms with van der Waals surface area (Å²) in [6.45, 7) is 3.10. The molecule has 108 valence electrons. The van der Waals surface area contributed by atoms with Gasteiger partial charge in [0, 0.05) is 6.54 Å². The fourth-order valence-electron chi connectivity index (χ4n) is 1.93. The normalized spacial score (nSPS) is 11.5. The highest BCUT2D eigenvalue weighted by atomic mass is 32.2. The van der Waals surface area contributed by atoms with Crippen molar-refractivity contribution in [2.24, 2.45) is 5.14 Å². The second-order valence-corrected chi connectivity index (χ2v) is 5.92. The molecule has 0 unspecified atom stereocenters. The van der Waals surface area contributed by atoms with Gasteiger partial charge in [-0.1, -0.05) is 0 Å². The van der Waals surface area contributed by atoms with E-state index >= 15 is 0 Å². The summed E-state index contributed by atoms with van der Waals surface area (Å²) in [6.07, 6.45) is 1.59. The van der Waals surface area contributed by atoms with Crippen LogP contribution in [0.3, 0.4) is 0 Å². The van der Waals surface area contributed by atoms with Crippen LogP contribution in [0.25, 0.3) is 0 Å². The first-order valence-electron chi connectivity index (χ1n) is 6.11. The van der Waals surface area contributed by atoms with Gasteiger partial charge < -0.3 is 15.1 Å². The molecule has 7 heteroatoms. The number of rotatable bonds is 5. The predicted octanol–water partition coefficient (Wildman–Crippen LogP) is 1.54. The van der Waals surface area contributed by atoms with Crippen LogP contribution >= 0.6 is 0 Å². The monoisotopic (exact) mass is 295 g/mol. The maximum atomic E-state index is 11.4. The molecule has 0 fully saturated rings. The van der Waals surface area contributed by atoms with E-state index < -0.39 is 10.0 Å². The summed E-state index contributed by atoms with van der Waals surface area (Å²) in [4.78, 5) is 1.96. The molecule has 20 heavy (non-hydrogen) atoms. The fourth-order valence-corrected chi connectivity index (χ4v) is 2.47. The van der Waals surface area contributed by atoms with E-state index in [-0.39, 0.29) is 4.90 Å². The molecule has 4 N–H and O–H groups in total. The van der Waals surface area contributed by atoms with E-state index in [4.69, 9.17) is 15.3 Å². The molecular weight excluding hydrogens is 278 g/mol. The Hall–Kier alpha value is -1.99. The summed E-state index contributed by atoms with van der Waals surface area (Å²) in [5.74, 6) is 0.771. The van der Waals surface area contributed by atoms with Crippen molar-refractivity contribution in [3.05, 3.63) is 42.4 Å². The molecular formula is C13H17N3O3S. The number of nitrogens with zero attached hydrogens (tertiary/aromatic N) is 1. The van der Waals surface area contributed by atoms with E-state index in [0.29, 0.717) is 24.5 Å². The predicted molar refractivity (Wildman–Crippen MR) is 77.7 cm³/mol. The van der Waals surface area contributed by atoms with Crippen LogP contribution in [0.5, 0.6) is 0 Å². The lowest BCUT2D eigenvalue weighted by Crippen LogP contribution is -2.23. The van der Waals surface area contributed by atoms with Crippen molar-refractivity contribution in [2.45, 2.75) is 18.4 Å². The van der Waals surface area contributed by atoms with Crippen molar-refractivity contribution in [1.29, 1.82) is 0 Å². The lowest BCUT2D eigenvalue weighted by molar-refractivity contribution is 0.504. The second-order valence-electron chi connectivity index (χ2n) is 4.36. The summed E-state index contributed by atoms with van der Waals surface area (Å²) in [7, 11) is -3.75. The molecule has 1 heterocycles. The Morgan fingerprint density at radius 3 is 2.60 bits per heavy atom. The van der Waals surface area contributed by atoms with Gasteiger partial charge in [0.15, 0.2) is 0 Å². The zero-order valence-electron chi connectivity index (χ0n) is 11.1. The number of nitrogens with two attached hydrogens (primary N) is 2. The van der Waals surface area contributed by atoms with Gasteiger partial charge in [-0.3, -0.25) is 0 Å². The minimum Gasteiger partial charge on any atom is -0.467 e. The third-order valence-electron chi connectivity index (χ3n) is 2.98. The first-order valence-corrected chi connectivity index (χ1v) is 7.66. The minimum absolute atomic E-state index is 0.0413. The van der Waals surface area contributed by atoms with Gasteiger partial charge in [-0.05, 0) is 37.3 Å². The van der Waals surface area contributed by atoms with Crippen LogP contribution in [0.2, 0.25) is 0 Å². The number of nitrogen functional groups attached to an aromatic ring is 1. The Morgan fingerprint density at radius 1 is 1.30 bits per heavy atom. The Kier molecular flexibility index (Phi) is 4.01. The van der Waals surface area contributed by atoms with Gasteiger partial charge in [-0.15, -0.1) is 0 Å². The van der Waals surface area contributed by atoms with Crippen molar-refractivity contribution in [1.82, 2.24) is 0 Å². The number of hydrogen-bond donors (Lipinski definition) is 2. The van der Waals surface area contributed by atoms with E-state index in [2.05, 4.69) is 0 Å². The van der Waals surface area contributed by atoms with Gasteiger partial charge in [0.25, 0.3) is 0 Å². The molecule has 0 aliphatic heterocycles. The highest BCUT2D eigenvalue weighted by Gasteiger charge is 2.15. The molecule has 1 aromatic heterocycles. The van der Waals surface area contributed by atoms with E-state index in [1.54, 1.807) is 18.4 Å². The summed E-state index contributed by atoms with van der Waals surface area (Å²) >= 11 is 0. The molecule has 2 aromatic rings. The average molecular weight is 295 g/mol. The lowest BCUT2D eigenvalue weighted by atomic mass is 10.2. The van der Waals surface area contributed by atoms with Crippen molar-refractivity contribution in [3.63, 3.8) is 0 Å². The van der Waals surface area contributed by atoms with Crippen LogP contribution in [0, 0.1) is 0 Å². The summed E-state index contributed by atoms with van der Waals surface area (Å²) < 4.78 is 28.1. The number of benzene rings is 1. The van der Waals surface area contributed by atoms with E-state index in [0.717, 1.165) is 5.76 Å². The van der Waals surface area contributed by atoms with Crippen LogP contribution in [0.1, 0.15) is 12.7 Å². The third kappa shape index (κ3) is 3.12. The van der Waals surface area contributed by atoms with E-state index in [1.165, 1.54) is 12.1 Å². The van der Waals surface area contributed by atoms with Crippen molar-refractivity contribution < 1.29 is 12.8 Å². The Bertz CT molecular complexity index is 681. The molecule has 0 aliphatic rings. The molecule has 0 spiro atoms. The molecule has 6 nitrogen and oxygen atoms in total. The highest BCUT2D eigenvalue weighted by Crippen LogP contribution is 2.27. The largest absolute Gasteiger partial charge is 0.467 e. The molecule has 0 saturated heterocycles. The average Bonchev–Trinajstić information content (AvgIpc) is 2.88. The molecule has 0 amide bonds. The van der Waals surface area contributed by atoms with Crippen LogP contribution in [0.4, 0.5) is 11.4 Å². The molecule has 1 aromatic carbocycles. The molecule has 0 radical (unpaired) electrons. The Balaban J connectivity index is 2.38. The van der Waals surface area contributed by atoms with Gasteiger partial charge >= 0.3 is 0 Å². The number of primary sulfonamides is 1. The molecule has 0 aliphatic carbocycles. The minimum atomic E-state index is -3.75. The topological polar surface area (TPSA) is 103 Å². The quantitative estimate of drug-likeness (QED) is 0.814. The van der Waals surface area contributed by atoms with Crippen LogP contribution in [-0.4, -0.2) is 15.0 Å². The highest BCUT2D eigenvalue weighted by molar-refractivity contribution is 7.89. The van der Waals surface area contributed by atoms with Gasteiger partial charge in [0.1, 0.15) is 5.76 Å². The Labute approximate surface area is 118 Å². The van der Waals surface area contributed by atoms with Gasteiger partial charge in [0.05, 0.1) is 29.1 Å². The van der Waals surface area contributed by atoms with E-state index in [1.807, 2.05) is 17.9 Å². The molecule has 2 rings (SSSR count). The Morgan fingerprint density at radius 2 is 2.05 bits per heavy atom. The lowest BCUT2D eigenvalue weighted by Gasteiger charge is -2.24. The number of hydrogen-bond acceptors (Lipinski definition) is 5. The number of sulfonamides is 1. The zero-order valence-corrected chi connectivity index (χ0v) is 11.9. The maximum Gasteiger partial charge on any atom is 0.238 e. The molecule has 0 saturated carbocycles. The van der Waals surface area contributed by atoms with Gasteiger partial charge in [-0.2, -0.15) is 0 Å². The summed E-state index contributed by atoms with van der Waals surface area (Å²) in [5, 5.41) is 5.15. The summed E-state index contributed by atoms with van der Waals surface area (Å²) in [5.41, 5.74) is 7.04. The van der Waals surface area contributed by atoms with Crippen molar-refractivity contribution >= 4 is 21.4 Å². The van der Waals surface area contributed by atoms with Crippen LogP contribution < -0.4 is 15.8 Å². The van der Waals surface area contributed by atoms with Gasteiger partial charge in [0.2, 0.25) is 10.0 Å². The van der Waals surface area contributed by atoms with Crippen molar-refractivity contribution in [2.75, 3.05) is 17.2 Å². The van der Waals surface area contributed by atoms with Crippen LogP contribution in [0.15, 0.2) is 45.9 Å². The first kappa shape index (κ1) is 14.4. The van der Waals surface area contributed by atoms with Crippen molar-refractivity contribution in [3.8, 4) is 0 Å². The SMILES string of the molecule is CCN(Cc1ccco1)c1cc(S(N)(=O)=O)ccc1N. The van der Waals surface area contributed by atoms with E-state index in [9.17, 15) is 8.42 Å². The number of anilines is 2. The first-order chi connectivity index (χ1) is 9.41. The third-order valence-corrected chi connectivity index (χ3v) is 3.89. The fraction of sp³-hybridized carbons (Fsp3) is 0.231. The van der Waals surface area contributed by atoms with Gasteiger partial charge in [-0.25, -0.2) is 13.6 Å². The maximum absolute atomic E-state index is 11.4.